The van der Waals surface area contributed by atoms with Crippen LogP contribution in [-0.2, 0) is 13.5 Å². The molecule has 2 aromatic heterocycles. The van der Waals surface area contributed by atoms with Gasteiger partial charge in [0.1, 0.15) is 11.4 Å². The van der Waals surface area contributed by atoms with Crippen LogP contribution < -0.4 is 10.2 Å². The molecule has 0 fully saturated rings. The number of hydrogen-bond acceptors (Lipinski definition) is 3. The summed E-state index contributed by atoms with van der Waals surface area (Å²) in [5.41, 5.74) is 5.02. The van der Waals surface area contributed by atoms with E-state index in [1.807, 2.05) is 29.9 Å². The Morgan fingerprint density at radius 1 is 1.26 bits per heavy atom. The number of anilines is 1. The number of para-hydroxylation sites is 1. The van der Waals surface area contributed by atoms with Crippen molar-refractivity contribution in [1.82, 2.24) is 20.1 Å². The van der Waals surface area contributed by atoms with Crippen molar-refractivity contribution in [2.24, 2.45) is 7.05 Å². The fourth-order valence-electron chi connectivity index (χ4n) is 3.71. The third kappa shape index (κ3) is 3.74. The van der Waals surface area contributed by atoms with Crippen molar-refractivity contribution in [1.29, 1.82) is 0 Å². The molecule has 140 valence electrons. The van der Waals surface area contributed by atoms with Crippen LogP contribution in [0, 0.1) is 0 Å². The van der Waals surface area contributed by atoms with Gasteiger partial charge >= 0.3 is 0 Å². The second-order valence-electron chi connectivity index (χ2n) is 7.00. The molecule has 2 N–H and O–H groups in total. The summed E-state index contributed by atoms with van der Waals surface area (Å²) >= 11 is 0. The molecular weight excluding hydrogens is 338 g/mol. The van der Waals surface area contributed by atoms with Gasteiger partial charge in [-0.2, -0.15) is 5.10 Å². The van der Waals surface area contributed by atoms with Crippen molar-refractivity contribution in [2.45, 2.75) is 19.3 Å². The lowest BCUT2D eigenvalue weighted by molar-refractivity contribution is 0.0948. The van der Waals surface area contributed by atoms with Crippen molar-refractivity contribution in [3.8, 4) is 11.4 Å². The van der Waals surface area contributed by atoms with Crippen LogP contribution in [0.1, 0.15) is 28.9 Å². The maximum atomic E-state index is 12.4. The molecule has 0 spiro atoms. The number of benzene rings is 1. The maximum absolute atomic E-state index is 12.4. The van der Waals surface area contributed by atoms with Crippen LogP contribution in [0.25, 0.3) is 11.4 Å². The molecule has 3 aromatic rings. The van der Waals surface area contributed by atoms with Gasteiger partial charge in [-0.1, -0.05) is 18.2 Å². The van der Waals surface area contributed by atoms with Gasteiger partial charge in [0.05, 0.1) is 5.69 Å². The third-order valence-corrected chi connectivity index (χ3v) is 5.13. The summed E-state index contributed by atoms with van der Waals surface area (Å²) in [7, 11) is 1.96. The largest absolute Gasteiger partial charge is 0.371 e. The Hall–Kier alpha value is -3.02. The van der Waals surface area contributed by atoms with Gasteiger partial charge in [0.2, 0.25) is 0 Å². The SMILES string of the molecule is Cn1cccc1-c1cc(C(=O)NCCCN2CCCc3ccccc32)[nH]n1. The van der Waals surface area contributed by atoms with Crippen LogP contribution in [0.4, 0.5) is 5.69 Å². The van der Waals surface area contributed by atoms with Gasteiger partial charge in [-0.3, -0.25) is 9.89 Å². The summed E-state index contributed by atoms with van der Waals surface area (Å²) in [4.78, 5) is 14.8. The van der Waals surface area contributed by atoms with Crippen LogP contribution in [0.5, 0.6) is 0 Å². The Labute approximate surface area is 159 Å². The first-order valence-electron chi connectivity index (χ1n) is 9.50. The minimum atomic E-state index is -0.109. The summed E-state index contributed by atoms with van der Waals surface area (Å²) in [6.45, 7) is 2.69. The van der Waals surface area contributed by atoms with Crippen LogP contribution in [-0.4, -0.2) is 40.3 Å². The number of aromatic nitrogens is 3. The topological polar surface area (TPSA) is 66.0 Å². The number of amides is 1. The smallest absolute Gasteiger partial charge is 0.269 e. The minimum Gasteiger partial charge on any atom is -0.371 e. The van der Waals surface area contributed by atoms with Crippen molar-refractivity contribution in [3.63, 3.8) is 0 Å². The van der Waals surface area contributed by atoms with E-state index in [0.717, 1.165) is 37.3 Å². The van der Waals surface area contributed by atoms with E-state index in [-0.39, 0.29) is 5.91 Å². The number of nitrogens with zero attached hydrogens (tertiary/aromatic N) is 3. The first-order valence-corrected chi connectivity index (χ1v) is 9.50. The molecule has 1 aliphatic rings. The zero-order valence-electron chi connectivity index (χ0n) is 15.6. The Kier molecular flexibility index (Phi) is 4.96. The molecule has 1 aromatic carbocycles. The lowest BCUT2D eigenvalue weighted by atomic mass is 10.0. The van der Waals surface area contributed by atoms with E-state index in [1.165, 1.54) is 17.7 Å². The minimum absolute atomic E-state index is 0.109. The molecule has 0 bridgehead atoms. The zero-order chi connectivity index (χ0) is 18.6. The summed E-state index contributed by atoms with van der Waals surface area (Å²) < 4.78 is 1.98. The molecule has 3 heterocycles. The predicted molar refractivity (Wildman–Crippen MR) is 107 cm³/mol. The molecule has 6 heteroatoms. The highest BCUT2D eigenvalue weighted by Crippen LogP contribution is 2.26. The van der Waals surface area contributed by atoms with E-state index in [4.69, 9.17) is 0 Å². The number of nitrogens with one attached hydrogen (secondary N) is 2. The molecule has 0 aliphatic carbocycles. The first-order chi connectivity index (χ1) is 13.2. The van der Waals surface area contributed by atoms with Crippen molar-refractivity contribution in [2.75, 3.05) is 24.5 Å². The summed E-state index contributed by atoms with van der Waals surface area (Å²) in [6, 6.07) is 14.4. The number of rotatable bonds is 6. The molecule has 0 saturated carbocycles. The van der Waals surface area contributed by atoms with Crippen molar-refractivity contribution in [3.05, 3.63) is 59.9 Å². The third-order valence-electron chi connectivity index (χ3n) is 5.13. The molecule has 0 saturated heterocycles. The van der Waals surface area contributed by atoms with E-state index in [0.29, 0.717) is 12.2 Å². The standard InChI is InChI=1S/C21H25N5O/c1-25-12-5-10-20(25)17-15-18(24-23-17)21(27)22-11-6-14-26-13-4-8-16-7-2-3-9-19(16)26/h2-3,5,7,9-10,12,15H,4,6,8,11,13-14H2,1H3,(H,22,27)(H,23,24). The number of hydrogen-bond donors (Lipinski definition) is 2. The quantitative estimate of drug-likeness (QED) is 0.662. The fraction of sp³-hybridized carbons (Fsp3) is 0.333. The number of carbonyl (C=O) groups is 1. The van der Waals surface area contributed by atoms with Crippen LogP contribution in [0.2, 0.25) is 0 Å². The molecule has 1 amide bonds. The molecule has 0 radical (unpaired) electrons. The summed E-state index contributed by atoms with van der Waals surface area (Å²) in [5.74, 6) is -0.109. The first kappa shape index (κ1) is 17.4. The zero-order valence-corrected chi connectivity index (χ0v) is 15.6. The number of aryl methyl sites for hydroxylation is 2. The Bertz CT molecular complexity index is 926. The normalized spacial score (nSPS) is 13.4. The Balaban J connectivity index is 1.28. The van der Waals surface area contributed by atoms with Gasteiger partial charge < -0.3 is 14.8 Å². The van der Waals surface area contributed by atoms with Gasteiger partial charge in [-0.15, -0.1) is 0 Å². The van der Waals surface area contributed by atoms with Gasteiger partial charge in [-0.25, -0.2) is 0 Å². The lowest BCUT2D eigenvalue weighted by Crippen LogP contribution is -2.33. The molecular formula is C21H25N5O. The number of carbonyl (C=O) groups excluding carboxylic acids is 1. The van der Waals surface area contributed by atoms with Gasteiger partial charge in [0.25, 0.3) is 5.91 Å². The van der Waals surface area contributed by atoms with Crippen LogP contribution >= 0.6 is 0 Å². The number of H-pyrrole nitrogens is 1. The lowest BCUT2D eigenvalue weighted by Gasteiger charge is -2.31. The maximum Gasteiger partial charge on any atom is 0.269 e. The predicted octanol–water partition coefficient (Wildman–Crippen LogP) is 2.99. The average Bonchev–Trinajstić information content (AvgIpc) is 3.34. The Morgan fingerprint density at radius 3 is 3.00 bits per heavy atom. The van der Waals surface area contributed by atoms with Crippen molar-refractivity contribution >= 4 is 11.6 Å². The van der Waals surface area contributed by atoms with Crippen LogP contribution in [0.15, 0.2) is 48.7 Å². The van der Waals surface area contributed by atoms with Crippen molar-refractivity contribution < 1.29 is 4.79 Å². The monoisotopic (exact) mass is 363 g/mol. The highest BCUT2D eigenvalue weighted by Gasteiger charge is 2.16. The van der Waals surface area contributed by atoms with E-state index in [2.05, 4.69) is 44.7 Å². The molecule has 4 rings (SSSR count). The van der Waals surface area contributed by atoms with Crippen LogP contribution in [0.3, 0.4) is 0 Å². The second-order valence-corrected chi connectivity index (χ2v) is 7.00. The molecule has 6 nitrogen and oxygen atoms in total. The van der Waals surface area contributed by atoms with Gasteiger partial charge in [-0.05, 0) is 49.1 Å². The van der Waals surface area contributed by atoms with E-state index < -0.39 is 0 Å². The molecule has 27 heavy (non-hydrogen) atoms. The fourth-order valence-corrected chi connectivity index (χ4v) is 3.71. The Morgan fingerprint density at radius 2 is 2.15 bits per heavy atom. The van der Waals surface area contributed by atoms with E-state index >= 15 is 0 Å². The molecule has 0 atom stereocenters. The van der Waals surface area contributed by atoms with Gasteiger partial charge in [0, 0.05) is 38.6 Å². The van der Waals surface area contributed by atoms with Gasteiger partial charge in [0.15, 0.2) is 0 Å². The number of fused-ring (bicyclic) bond motifs is 1. The van der Waals surface area contributed by atoms with E-state index in [9.17, 15) is 4.79 Å². The molecule has 1 aliphatic heterocycles. The highest BCUT2D eigenvalue weighted by atomic mass is 16.1. The molecule has 0 unspecified atom stereocenters. The highest BCUT2D eigenvalue weighted by molar-refractivity contribution is 5.93. The summed E-state index contributed by atoms with van der Waals surface area (Å²) in [5, 5.41) is 10.1. The number of aromatic amines is 1. The summed E-state index contributed by atoms with van der Waals surface area (Å²) in [6.07, 6.45) is 5.23. The van der Waals surface area contributed by atoms with E-state index in [1.54, 1.807) is 6.07 Å². The second kappa shape index (κ2) is 7.70. The average molecular weight is 363 g/mol.